The van der Waals surface area contributed by atoms with E-state index in [1.807, 2.05) is 24.3 Å². The topological polar surface area (TPSA) is 55.9 Å². The van der Waals surface area contributed by atoms with Crippen LogP contribution in [-0.2, 0) is 15.7 Å². The lowest BCUT2D eigenvalue weighted by Gasteiger charge is -2.35. The van der Waals surface area contributed by atoms with Gasteiger partial charge in [-0.2, -0.15) is 0 Å². The van der Waals surface area contributed by atoms with Crippen LogP contribution in [0.3, 0.4) is 0 Å². The molecule has 2 aliphatic heterocycles. The second-order valence-corrected chi connectivity index (χ2v) is 8.86. The molecule has 6 heteroatoms. The number of urea groups is 1. The monoisotopic (exact) mass is 382 g/mol. The fourth-order valence-corrected chi connectivity index (χ4v) is 3.74. The van der Waals surface area contributed by atoms with Crippen molar-refractivity contribution in [1.29, 1.82) is 0 Å². The summed E-state index contributed by atoms with van der Waals surface area (Å²) in [6.45, 7) is 12.4. The van der Waals surface area contributed by atoms with Crippen LogP contribution in [0.25, 0.3) is 0 Å². The summed E-state index contributed by atoms with van der Waals surface area (Å²) < 4.78 is 0. The number of terminal acetylenes is 1. The van der Waals surface area contributed by atoms with Crippen molar-refractivity contribution in [3.63, 3.8) is 0 Å². The van der Waals surface area contributed by atoms with Crippen molar-refractivity contribution < 1.29 is 9.59 Å². The lowest BCUT2D eigenvalue weighted by atomic mass is 9.84. The molecule has 2 fully saturated rings. The third kappa shape index (κ3) is 3.91. The molecule has 2 aliphatic rings. The minimum absolute atomic E-state index is 0.0377. The maximum absolute atomic E-state index is 13.1. The number of hydrogen-bond acceptors (Lipinski definition) is 4. The predicted octanol–water partition coefficient (Wildman–Crippen LogP) is 1.96. The van der Waals surface area contributed by atoms with Gasteiger partial charge in [-0.3, -0.25) is 14.6 Å². The molecule has 3 rings (SSSR count). The van der Waals surface area contributed by atoms with Gasteiger partial charge in [-0.25, -0.2) is 9.69 Å². The van der Waals surface area contributed by atoms with E-state index in [0.717, 1.165) is 31.7 Å². The van der Waals surface area contributed by atoms with Gasteiger partial charge in [0.2, 0.25) is 0 Å². The molecule has 0 bridgehead atoms. The first kappa shape index (κ1) is 20.4. The highest BCUT2D eigenvalue weighted by molar-refractivity contribution is 6.07. The van der Waals surface area contributed by atoms with E-state index in [0.29, 0.717) is 13.2 Å². The lowest BCUT2D eigenvalue weighted by Crippen LogP contribution is -2.51. The average Bonchev–Trinajstić information content (AvgIpc) is 2.87. The van der Waals surface area contributed by atoms with E-state index in [4.69, 9.17) is 6.42 Å². The van der Waals surface area contributed by atoms with Crippen LogP contribution in [0.4, 0.5) is 4.79 Å². The predicted molar refractivity (Wildman–Crippen MR) is 110 cm³/mol. The van der Waals surface area contributed by atoms with Crippen LogP contribution in [0, 0.1) is 12.3 Å². The number of nitrogens with zero attached hydrogens (tertiary/aromatic N) is 3. The van der Waals surface area contributed by atoms with E-state index in [-0.39, 0.29) is 17.4 Å². The molecule has 1 N–H and O–H groups in total. The number of benzene rings is 1. The van der Waals surface area contributed by atoms with Crippen molar-refractivity contribution in [2.24, 2.45) is 0 Å². The van der Waals surface area contributed by atoms with Gasteiger partial charge in [0.25, 0.3) is 5.91 Å². The van der Waals surface area contributed by atoms with Gasteiger partial charge in [0, 0.05) is 26.2 Å². The number of carbonyl (C=O) groups excluding carboxylic acids is 2. The molecule has 28 heavy (non-hydrogen) atoms. The number of nitrogens with one attached hydrogen (secondary N) is 1. The molecule has 0 saturated carbocycles. The fourth-order valence-electron chi connectivity index (χ4n) is 3.74. The summed E-state index contributed by atoms with van der Waals surface area (Å²) in [7, 11) is 0. The molecule has 0 radical (unpaired) electrons. The number of piperazine rings is 1. The first-order valence-electron chi connectivity index (χ1n) is 9.78. The van der Waals surface area contributed by atoms with Gasteiger partial charge in [-0.15, -0.1) is 6.42 Å². The zero-order valence-electron chi connectivity index (χ0n) is 17.3. The van der Waals surface area contributed by atoms with Crippen molar-refractivity contribution in [1.82, 2.24) is 20.0 Å². The molecule has 1 aromatic carbocycles. The summed E-state index contributed by atoms with van der Waals surface area (Å²) in [5.41, 5.74) is 1.01. The molecule has 0 aliphatic carbocycles. The minimum Gasteiger partial charge on any atom is -0.319 e. The van der Waals surface area contributed by atoms with Gasteiger partial charge < -0.3 is 5.32 Å². The standard InChI is InChI=1S/C22H30N4O2/c1-6-11-24-12-14-25(15-13-24)16-26-19(27)22(5,23-20(26)28)18-9-7-17(8-10-18)21(2,3)4/h1,7-10H,11-16H2,2-5H3,(H,23,28). The smallest absolute Gasteiger partial charge is 0.319 e. The number of rotatable bonds is 4. The minimum atomic E-state index is -1.03. The highest BCUT2D eigenvalue weighted by atomic mass is 16.2. The molecule has 150 valence electrons. The second-order valence-electron chi connectivity index (χ2n) is 8.86. The Morgan fingerprint density at radius 3 is 2.18 bits per heavy atom. The molecule has 6 nitrogen and oxygen atoms in total. The van der Waals surface area contributed by atoms with E-state index >= 15 is 0 Å². The van der Waals surface area contributed by atoms with E-state index < -0.39 is 5.54 Å². The molecule has 1 unspecified atom stereocenters. The van der Waals surface area contributed by atoms with E-state index in [2.05, 4.69) is 41.8 Å². The average molecular weight is 383 g/mol. The van der Waals surface area contributed by atoms with Gasteiger partial charge in [0.1, 0.15) is 5.54 Å². The van der Waals surface area contributed by atoms with Crippen LogP contribution in [0.5, 0.6) is 0 Å². The maximum atomic E-state index is 13.1. The number of amides is 3. The molecule has 2 heterocycles. The summed E-state index contributed by atoms with van der Waals surface area (Å²) in [4.78, 5) is 31.4. The van der Waals surface area contributed by atoms with Crippen LogP contribution in [0.2, 0.25) is 0 Å². The number of hydrogen-bond donors (Lipinski definition) is 1. The van der Waals surface area contributed by atoms with E-state index in [1.165, 1.54) is 10.5 Å². The van der Waals surface area contributed by atoms with Gasteiger partial charge >= 0.3 is 6.03 Å². The normalized spacial score (nSPS) is 24.3. The van der Waals surface area contributed by atoms with Crippen molar-refractivity contribution in [3.8, 4) is 12.3 Å². The number of imide groups is 1. The van der Waals surface area contributed by atoms with Crippen LogP contribution < -0.4 is 5.32 Å². The summed E-state index contributed by atoms with van der Waals surface area (Å²) in [6.07, 6.45) is 5.37. The molecule has 1 atom stereocenters. The van der Waals surface area contributed by atoms with Crippen molar-refractivity contribution >= 4 is 11.9 Å². The Balaban J connectivity index is 1.70. The van der Waals surface area contributed by atoms with Crippen LogP contribution in [0.15, 0.2) is 24.3 Å². The quantitative estimate of drug-likeness (QED) is 0.639. The van der Waals surface area contributed by atoms with Crippen molar-refractivity contribution in [2.75, 3.05) is 39.4 Å². The zero-order valence-corrected chi connectivity index (χ0v) is 17.3. The van der Waals surface area contributed by atoms with Crippen LogP contribution in [-0.4, -0.2) is 66.0 Å². The van der Waals surface area contributed by atoms with E-state index in [9.17, 15) is 9.59 Å². The number of carbonyl (C=O) groups is 2. The molecule has 1 aromatic rings. The summed E-state index contributed by atoms with van der Waals surface area (Å²) >= 11 is 0. The Labute approximate surface area is 167 Å². The highest BCUT2D eigenvalue weighted by Gasteiger charge is 2.49. The van der Waals surface area contributed by atoms with Crippen LogP contribution >= 0.6 is 0 Å². The molecular formula is C22H30N4O2. The Morgan fingerprint density at radius 1 is 1.07 bits per heavy atom. The third-order valence-electron chi connectivity index (χ3n) is 5.72. The molecule has 2 saturated heterocycles. The molecule has 0 spiro atoms. The fraction of sp³-hybridized carbons (Fsp3) is 0.545. The molecule has 0 aromatic heterocycles. The third-order valence-corrected chi connectivity index (χ3v) is 5.72. The maximum Gasteiger partial charge on any atom is 0.326 e. The first-order chi connectivity index (χ1) is 13.1. The Hall–Kier alpha value is -2.36. The van der Waals surface area contributed by atoms with Gasteiger partial charge in [0.15, 0.2) is 0 Å². The SMILES string of the molecule is C#CCN1CCN(CN2C(=O)NC(C)(c3ccc(C(C)(C)C)cc3)C2=O)CC1. The Kier molecular flexibility index (Phi) is 5.51. The van der Waals surface area contributed by atoms with Crippen molar-refractivity contribution in [2.45, 2.75) is 38.6 Å². The van der Waals surface area contributed by atoms with Gasteiger partial charge in [0.05, 0.1) is 13.2 Å². The van der Waals surface area contributed by atoms with Gasteiger partial charge in [-0.05, 0) is 23.5 Å². The Morgan fingerprint density at radius 2 is 1.64 bits per heavy atom. The van der Waals surface area contributed by atoms with E-state index in [1.54, 1.807) is 6.92 Å². The molecule has 3 amide bonds. The largest absolute Gasteiger partial charge is 0.326 e. The summed E-state index contributed by atoms with van der Waals surface area (Å²) in [5, 5.41) is 2.90. The summed E-state index contributed by atoms with van der Waals surface area (Å²) in [6, 6.07) is 7.63. The molecular weight excluding hydrogens is 352 g/mol. The second kappa shape index (κ2) is 7.57. The Bertz CT molecular complexity index is 782. The first-order valence-corrected chi connectivity index (χ1v) is 9.78. The zero-order chi connectivity index (χ0) is 20.5. The van der Waals surface area contributed by atoms with Crippen molar-refractivity contribution in [3.05, 3.63) is 35.4 Å². The highest BCUT2D eigenvalue weighted by Crippen LogP contribution is 2.31. The summed E-state index contributed by atoms with van der Waals surface area (Å²) in [5.74, 6) is 2.46. The van der Waals surface area contributed by atoms with Crippen LogP contribution in [0.1, 0.15) is 38.8 Å². The van der Waals surface area contributed by atoms with Gasteiger partial charge in [-0.1, -0.05) is 51.0 Å². The lowest BCUT2D eigenvalue weighted by molar-refractivity contribution is -0.132.